The quantitative estimate of drug-likeness (QED) is 0.155. The summed E-state index contributed by atoms with van der Waals surface area (Å²) in [6.45, 7) is 13.0. The number of phenols is 2. The van der Waals surface area contributed by atoms with E-state index in [1.165, 1.54) is 83.9 Å². The summed E-state index contributed by atoms with van der Waals surface area (Å²) in [5, 5.41) is 24.8. The van der Waals surface area contributed by atoms with Crippen LogP contribution in [0.1, 0.15) is 136 Å². The average molecular weight is 839 g/mol. The fourth-order valence-corrected chi connectivity index (χ4v) is 11.1. The summed E-state index contributed by atoms with van der Waals surface area (Å²) in [7, 11) is 0. The monoisotopic (exact) mass is 838 g/mol. The number of rotatable bonds is 9. The Labute approximate surface area is 376 Å². The molecule has 0 spiro atoms. The number of hydrogen-bond donors (Lipinski definition) is 2. The summed E-state index contributed by atoms with van der Waals surface area (Å²) in [6.07, 6.45) is 21.1. The standard InChI is InChI=1S/C59H66O4/c1-37-32-50(58(60)52(34-37)56-39(3)20-8-6-7-9-21-42-22-10-13-25-45(42)56)48-28-16-18-30-54(48)62-40(4)41(5)63-55-31-19-17-29-49(55)51-33-38(2)35-53(59(51)61)57-46-26-14-11-23-43(46)36-44-24-12-15-27-47(44)57/h16-19,21,28-36,40-41,60-61H,3,6-15,20,22-27H2,1-2,4-5H3/b42-21-,56-45+/t40-,41+/m1/s1. The van der Waals surface area contributed by atoms with Gasteiger partial charge >= 0.3 is 0 Å². The lowest BCUT2D eigenvalue weighted by Crippen LogP contribution is -2.31. The van der Waals surface area contributed by atoms with E-state index in [9.17, 15) is 10.2 Å². The highest BCUT2D eigenvalue weighted by Gasteiger charge is 2.28. The van der Waals surface area contributed by atoms with Crippen LogP contribution in [-0.4, -0.2) is 22.4 Å². The van der Waals surface area contributed by atoms with Crippen molar-refractivity contribution in [2.45, 2.75) is 149 Å². The highest BCUT2D eigenvalue weighted by molar-refractivity contribution is 5.91. The molecule has 326 valence electrons. The van der Waals surface area contributed by atoms with Crippen LogP contribution in [0.4, 0.5) is 0 Å². The lowest BCUT2D eigenvalue weighted by Gasteiger charge is -2.29. The second kappa shape index (κ2) is 18.7. The van der Waals surface area contributed by atoms with Gasteiger partial charge in [-0.3, -0.25) is 0 Å². The number of allylic oxidation sites excluding steroid dienone is 5. The first-order chi connectivity index (χ1) is 30.7. The highest BCUT2D eigenvalue weighted by Crippen LogP contribution is 2.49. The molecule has 0 bridgehead atoms. The van der Waals surface area contributed by atoms with Gasteiger partial charge in [-0.1, -0.05) is 61.5 Å². The van der Waals surface area contributed by atoms with E-state index in [1.807, 2.05) is 56.3 Å². The van der Waals surface area contributed by atoms with Gasteiger partial charge in [0.2, 0.25) is 0 Å². The van der Waals surface area contributed by atoms with Crippen molar-refractivity contribution in [3.63, 3.8) is 0 Å². The van der Waals surface area contributed by atoms with Crippen molar-refractivity contribution in [1.29, 1.82) is 0 Å². The third kappa shape index (κ3) is 8.76. The molecule has 2 atom stereocenters. The first kappa shape index (κ1) is 42.8. The molecule has 9 rings (SSSR count). The van der Waals surface area contributed by atoms with Gasteiger partial charge < -0.3 is 19.7 Å². The second-order valence-corrected chi connectivity index (χ2v) is 19.0. The molecule has 4 aliphatic rings. The lowest BCUT2D eigenvalue weighted by atomic mass is 9.76. The molecule has 4 heteroatoms. The molecule has 4 aliphatic carbocycles. The normalized spacial score (nSPS) is 19.7. The number of hydrogen-bond acceptors (Lipinski definition) is 4. The number of para-hydroxylation sites is 2. The SMILES string of the molecule is C=C1CCCCC/C=C2/CCCC/C2=C/1c1cc(C)cc(-c2ccccc2O[C@H](C)[C@H](C)Oc2ccccc2-c2cc(C)cc(-c3c4c(cc5c3CCCC5)CCCC4)c2O)c1O. The average Bonchev–Trinajstić information content (AvgIpc) is 3.29. The maximum absolute atomic E-state index is 12.4. The molecule has 4 nitrogen and oxygen atoms in total. The number of benzene rings is 5. The van der Waals surface area contributed by atoms with Crippen LogP contribution in [0.5, 0.6) is 23.0 Å². The number of fused-ring (bicyclic) bond motifs is 3. The van der Waals surface area contributed by atoms with Crippen molar-refractivity contribution in [2.24, 2.45) is 0 Å². The Bertz CT molecular complexity index is 2570. The number of aryl methyl sites for hydroxylation is 4. The first-order valence-electron chi connectivity index (χ1n) is 24.1. The third-order valence-corrected chi connectivity index (χ3v) is 14.4. The zero-order chi connectivity index (χ0) is 43.6. The van der Waals surface area contributed by atoms with E-state index in [0.29, 0.717) is 17.2 Å². The summed E-state index contributed by atoms with van der Waals surface area (Å²) >= 11 is 0. The molecule has 2 N–H and O–H groups in total. The molecule has 1 saturated carbocycles. The molecule has 63 heavy (non-hydrogen) atoms. The van der Waals surface area contributed by atoms with Gasteiger partial charge in [0.1, 0.15) is 35.2 Å². The van der Waals surface area contributed by atoms with Gasteiger partial charge in [0.05, 0.1) is 0 Å². The van der Waals surface area contributed by atoms with Crippen LogP contribution in [-0.2, 0) is 25.7 Å². The second-order valence-electron chi connectivity index (χ2n) is 19.0. The van der Waals surface area contributed by atoms with Crippen LogP contribution in [0, 0.1) is 13.8 Å². The van der Waals surface area contributed by atoms with Gasteiger partial charge in [-0.15, -0.1) is 0 Å². The zero-order valence-corrected chi connectivity index (χ0v) is 38.2. The minimum absolute atomic E-state index is 0.280. The smallest absolute Gasteiger partial charge is 0.132 e. The van der Waals surface area contributed by atoms with Crippen molar-refractivity contribution >= 4 is 5.57 Å². The molecule has 0 saturated heterocycles. The van der Waals surface area contributed by atoms with Crippen LogP contribution < -0.4 is 9.47 Å². The van der Waals surface area contributed by atoms with Gasteiger partial charge in [0.15, 0.2) is 0 Å². The van der Waals surface area contributed by atoms with Gasteiger partial charge in [-0.25, -0.2) is 0 Å². The maximum Gasteiger partial charge on any atom is 0.132 e. The van der Waals surface area contributed by atoms with E-state index < -0.39 is 0 Å². The maximum atomic E-state index is 12.4. The molecule has 0 heterocycles. The Morgan fingerprint density at radius 1 is 0.508 bits per heavy atom. The molecule has 0 aliphatic heterocycles. The van der Waals surface area contributed by atoms with Gasteiger partial charge in [-0.2, -0.15) is 0 Å². The van der Waals surface area contributed by atoms with Crippen LogP contribution in [0.25, 0.3) is 39.0 Å². The van der Waals surface area contributed by atoms with E-state index in [1.54, 1.807) is 0 Å². The van der Waals surface area contributed by atoms with Gasteiger partial charge in [0.25, 0.3) is 0 Å². The van der Waals surface area contributed by atoms with Crippen molar-refractivity contribution < 1.29 is 19.7 Å². The summed E-state index contributed by atoms with van der Waals surface area (Å²) in [5.41, 5.74) is 19.5. The third-order valence-electron chi connectivity index (χ3n) is 14.4. The lowest BCUT2D eigenvalue weighted by molar-refractivity contribution is 0.0787. The Kier molecular flexibility index (Phi) is 12.7. The molecule has 0 aromatic heterocycles. The van der Waals surface area contributed by atoms with E-state index in [-0.39, 0.29) is 18.0 Å². The van der Waals surface area contributed by atoms with E-state index in [2.05, 4.69) is 62.9 Å². The van der Waals surface area contributed by atoms with Crippen molar-refractivity contribution in [2.75, 3.05) is 0 Å². The van der Waals surface area contributed by atoms with Gasteiger partial charge in [0, 0.05) is 33.4 Å². The summed E-state index contributed by atoms with van der Waals surface area (Å²) in [6, 6.07) is 27.2. The predicted octanol–water partition coefficient (Wildman–Crippen LogP) is 15.5. The van der Waals surface area contributed by atoms with Crippen molar-refractivity contribution in [3.05, 3.63) is 147 Å². The molecule has 5 aromatic carbocycles. The largest absolute Gasteiger partial charge is 0.507 e. The van der Waals surface area contributed by atoms with E-state index in [0.717, 1.165) is 120 Å². The highest BCUT2D eigenvalue weighted by atomic mass is 16.5. The fraction of sp³-hybridized carbons (Fsp3) is 0.390. The van der Waals surface area contributed by atoms with Crippen molar-refractivity contribution in [3.8, 4) is 56.4 Å². The fourth-order valence-electron chi connectivity index (χ4n) is 11.1. The molecule has 1 fully saturated rings. The van der Waals surface area contributed by atoms with Crippen LogP contribution in [0.15, 0.2) is 108 Å². The Hall–Kier alpha value is -5.48. The van der Waals surface area contributed by atoms with Gasteiger partial charge in [-0.05, 0) is 228 Å². The Morgan fingerprint density at radius 3 is 1.62 bits per heavy atom. The van der Waals surface area contributed by atoms with Crippen LogP contribution in [0.2, 0.25) is 0 Å². The summed E-state index contributed by atoms with van der Waals surface area (Å²) in [5.74, 6) is 2.00. The molecule has 0 unspecified atom stereocenters. The molecule has 0 amide bonds. The Morgan fingerprint density at radius 2 is 1.00 bits per heavy atom. The van der Waals surface area contributed by atoms with E-state index >= 15 is 0 Å². The number of aromatic hydroxyl groups is 2. The summed E-state index contributed by atoms with van der Waals surface area (Å²) in [4.78, 5) is 0. The molecular weight excluding hydrogens is 773 g/mol. The van der Waals surface area contributed by atoms with E-state index in [4.69, 9.17) is 9.47 Å². The number of phenolic OH excluding ortho intramolecular Hbond substituents is 2. The molecular formula is C59H66O4. The van der Waals surface area contributed by atoms with Crippen LogP contribution >= 0.6 is 0 Å². The van der Waals surface area contributed by atoms with Crippen LogP contribution in [0.3, 0.4) is 0 Å². The summed E-state index contributed by atoms with van der Waals surface area (Å²) < 4.78 is 13.7. The first-order valence-corrected chi connectivity index (χ1v) is 24.1. The predicted molar refractivity (Wildman–Crippen MR) is 261 cm³/mol. The van der Waals surface area contributed by atoms with Crippen molar-refractivity contribution in [1.82, 2.24) is 0 Å². The Balaban J connectivity index is 1.03. The minimum Gasteiger partial charge on any atom is -0.507 e. The minimum atomic E-state index is -0.354. The molecule has 0 radical (unpaired) electrons. The molecule has 5 aromatic rings. The number of ether oxygens (including phenoxy) is 2. The topological polar surface area (TPSA) is 58.9 Å². The zero-order valence-electron chi connectivity index (χ0n) is 38.2.